The van der Waals surface area contributed by atoms with Gasteiger partial charge in [-0.05, 0) is 36.0 Å². The number of nitriles is 1. The van der Waals surface area contributed by atoms with Crippen LogP contribution in [-0.2, 0) is 4.79 Å². The number of aliphatic hydroxyl groups is 1. The second kappa shape index (κ2) is 4.20. The van der Waals surface area contributed by atoms with Gasteiger partial charge >= 0.3 is 0 Å². The number of hydrogen-bond donors (Lipinski definition) is 1. The van der Waals surface area contributed by atoms with E-state index in [9.17, 15) is 15.2 Å². The molecule has 18 heavy (non-hydrogen) atoms. The van der Waals surface area contributed by atoms with Crippen molar-refractivity contribution in [3.8, 4) is 6.07 Å². The van der Waals surface area contributed by atoms with Crippen LogP contribution >= 0.6 is 0 Å². The predicted octanol–water partition coefficient (Wildman–Crippen LogP) is 2.46. The minimum atomic E-state index is -0.333. The zero-order chi connectivity index (χ0) is 13.6. The minimum Gasteiger partial charge on any atom is -0.393 e. The average molecular weight is 247 g/mol. The number of carbonyl (C=O) groups is 1. The van der Waals surface area contributed by atoms with Gasteiger partial charge < -0.3 is 5.11 Å². The molecule has 0 heterocycles. The fraction of sp³-hybridized carbons (Fsp3) is 0.733. The Morgan fingerprint density at radius 1 is 1.50 bits per heavy atom. The van der Waals surface area contributed by atoms with Gasteiger partial charge in [-0.3, -0.25) is 4.79 Å². The maximum absolute atomic E-state index is 11.1. The van der Waals surface area contributed by atoms with Crippen LogP contribution in [0, 0.1) is 34.0 Å². The SMILES string of the molecule is CC1(C)[C@H](O)CC[C@@]2(C)[C@@H]1CC=C(C=O)[C@@H]2C#N. The summed E-state index contributed by atoms with van der Waals surface area (Å²) in [5.41, 5.74) is 0.235. The lowest BCUT2D eigenvalue weighted by atomic mass is 9.48. The van der Waals surface area contributed by atoms with E-state index in [4.69, 9.17) is 0 Å². The molecule has 0 unspecified atom stereocenters. The highest BCUT2D eigenvalue weighted by Crippen LogP contribution is 2.59. The molecule has 0 spiro atoms. The van der Waals surface area contributed by atoms with Crippen molar-refractivity contribution in [2.24, 2.45) is 22.7 Å². The summed E-state index contributed by atoms with van der Waals surface area (Å²) in [4.78, 5) is 11.1. The first-order valence-electron chi connectivity index (χ1n) is 6.61. The Bertz CT molecular complexity index is 432. The van der Waals surface area contributed by atoms with Crippen molar-refractivity contribution in [1.29, 1.82) is 5.26 Å². The quantitative estimate of drug-likeness (QED) is 0.724. The van der Waals surface area contributed by atoms with Crippen LogP contribution in [-0.4, -0.2) is 17.5 Å². The van der Waals surface area contributed by atoms with Gasteiger partial charge in [0.05, 0.1) is 18.1 Å². The first-order valence-corrected chi connectivity index (χ1v) is 6.61. The number of fused-ring (bicyclic) bond motifs is 1. The molecule has 2 rings (SSSR count). The normalized spacial score (nSPS) is 42.4. The molecule has 0 aromatic rings. The topological polar surface area (TPSA) is 61.1 Å². The lowest BCUT2D eigenvalue weighted by molar-refractivity contribution is -0.115. The lowest BCUT2D eigenvalue weighted by Crippen LogP contribution is -2.54. The summed E-state index contributed by atoms with van der Waals surface area (Å²) in [6.45, 7) is 6.26. The summed E-state index contributed by atoms with van der Waals surface area (Å²) in [5.74, 6) is -0.0809. The van der Waals surface area contributed by atoms with Crippen LogP contribution in [0.15, 0.2) is 11.6 Å². The molecule has 1 fully saturated rings. The van der Waals surface area contributed by atoms with Gasteiger partial charge in [0.2, 0.25) is 0 Å². The Morgan fingerprint density at radius 3 is 2.72 bits per heavy atom. The molecule has 0 bridgehead atoms. The Balaban J connectivity index is 2.48. The first kappa shape index (κ1) is 13.3. The van der Waals surface area contributed by atoms with E-state index in [2.05, 4.69) is 26.8 Å². The molecule has 4 atom stereocenters. The summed E-state index contributed by atoms with van der Waals surface area (Å²) < 4.78 is 0. The molecular weight excluding hydrogens is 226 g/mol. The van der Waals surface area contributed by atoms with Crippen molar-refractivity contribution < 1.29 is 9.90 Å². The van der Waals surface area contributed by atoms with E-state index in [0.29, 0.717) is 12.0 Å². The highest BCUT2D eigenvalue weighted by molar-refractivity contribution is 5.75. The molecule has 3 nitrogen and oxygen atoms in total. The van der Waals surface area contributed by atoms with Gasteiger partial charge in [0.1, 0.15) is 6.29 Å². The van der Waals surface area contributed by atoms with Gasteiger partial charge in [-0.25, -0.2) is 0 Å². The second-order valence-electron chi connectivity index (χ2n) is 6.55. The summed E-state index contributed by atoms with van der Waals surface area (Å²) in [6, 6.07) is 2.32. The highest BCUT2D eigenvalue weighted by Gasteiger charge is 2.55. The summed E-state index contributed by atoms with van der Waals surface area (Å²) in [5, 5.41) is 19.6. The number of hydrogen-bond acceptors (Lipinski definition) is 3. The molecule has 0 aliphatic heterocycles. The largest absolute Gasteiger partial charge is 0.393 e. The van der Waals surface area contributed by atoms with Crippen LogP contribution in [0.2, 0.25) is 0 Å². The van der Waals surface area contributed by atoms with E-state index in [1.807, 2.05) is 6.08 Å². The molecule has 2 aliphatic rings. The fourth-order valence-electron chi connectivity index (χ4n) is 4.09. The molecule has 0 saturated heterocycles. The second-order valence-corrected chi connectivity index (χ2v) is 6.55. The van der Waals surface area contributed by atoms with Gasteiger partial charge in [-0.2, -0.15) is 5.26 Å². The molecule has 1 N–H and O–H groups in total. The average Bonchev–Trinajstić information content (AvgIpc) is 2.33. The molecule has 0 radical (unpaired) electrons. The van der Waals surface area contributed by atoms with E-state index in [1.165, 1.54) is 0 Å². The molecule has 0 aromatic carbocycles. The first-order chi connectivity index (χ1) is 8.37. The Hall–Kier alpha value is -1.14. The predicted molar refractivity (Wildman–Crippen MR) is 68.5 cm³/mol. The smallest absolute Gasteiger partial charge is 0.147 e. The van der Waals surface area contributed by atoms with Crippen molar-refractivity contribution in [3.63, 3.8) is 0 Å². The van der Waals surface area contributed by atoms with Gasteiger partial charge in [-0.15, -0.1) is 0 Å². The maximum atomic E-state index is 11.1. The Kier molecular flexibility index (Phi) is 3.11. The summed E-state index contributed by atoms with van der Waals surface area (Å²) in [6.07, 6.45) is 4.71. The van der Waals surface area contributed by atoms with Crippen molar-refractivity contribution in [3.05, 3.63) is 11.6 Å². The third-order valence-corrected chi connectivity index (χ3v) is 5.36. The zero-order valence-corrected chi connectivity index (χ0v) is 11.3. The highest BCUT2D eigenvalue weighted by atomic mass is 16.3. The van der Waals surface area contributed by atoms with Crippen molar-refractivity contribution in [1.82, 2.24) is 0 Å². The molecular formula is C15H21NO2. The number of nitrogens with zero attached hydrogens (tertiary/aromatic N) is 1. The van der Waals surface area contributed by atoms with Crippen LogP contribution in [0.25, 0.3) is 0 Å². The van der Waals surface area contributed by atoms with E-state index in [1.54, 1.807) is 0 Å². The van der Waals surface area contributed by atoms with Crippen LogP contribution in [0.5, 0.6) is 0 Å². The maximum Gasteiger partial charge on any atom is 0.147 e. The monoisotopic (exact) mass is 247 g/mol. The van der Waals surface area contributed by atoms with E-state index in [-0.39, 0.29) is 28.8 Å². The van der Waals surface area contributed by atoms with Crippen LogP contribution in [0.3, 0.4) is 0 Å². The van der Waals surface area contributed by atoms with Crippen molar-refractivity contribution in [2.45, 2.75) is 46.1 Å². The van der Waals surface area contributed by atoms with Crippen LogP contribution < -0.4 is 0 Å². The van der Waals surface area contributed by atoms with E-state index in [0.717, 1.165) is 19.1 Å². The third-order valence-electron chi connectivity index (χ3n) is 5.36. The summed E-state index contributed by atoms with van der Waals surface area (Å²) in [7, 11) is 0. The zero-order valence-electron chi connectivity index (χ0n) is 11.3. The van der Waals surface area contributed by atoms with Gasteiger partial charge in [0.15, 0.2) is 0 Å². The number of allylic oxidation sites excluding steroid dienone is 2. The number of aliphatic hydroxyl groups excluding tert-OH is 1. The van der Waals surface area contributed by atoms with Gasteiger partial charge in [0, 0.05) is 5.57 Å². The molecule has 0 amide bonds. The van der Waals surface area contributed by atoms with Gasteiger partial charge in [0.25, 0.3) is 0 Å². The fourth-order valence-corrected chi connectivity index (χ4v) is 4.09. The third kappa shape index (κ3) is 1.63. The Morgan fingerprint density at radius 2 is 2.17 bits per heavy atom. The molecule has 0 aromatic heterocycles. The molecule has 2 aliphatic carbocycles. The van der Waals surface area contributed by atoms with Crippen molar-refractivity contribution >= 4 is 6.29 Å². The van der Waals surface area contributed by atoms with Crippen molar-refractivity contribution in [2.75, 3.05) is 0 Å². The number of aldehydes is 1. The van der Waals surface area contributed by atoms with Crippen LogP contribution in [0.1, 0.15) is 40.0 Å². The molecule has 98 valence electrons. The molecule has 1 saturated carbocycles. The molecule has 3 heteroatoms. The number of carbonyl (C=O) groups excluding carboxylic acids is 1. The van der Waals surface area contributed by atoms with E-state index >= 15 is 0 Å². The lowest BCUT2D eigenvalue weighted by Gasteiger charge is -2.56. The summed E-state index contributed by atoms with van der Waals surface area (Å²) >= 11 is 0. The van der Waals surface area contributed by atoms with E-state index < -0.39 is 0 Å². The Labute approximate surface area is 108 Å². The van der Waals surface area contributed by atoms with Gasteiger partial charge in [-0.1, -0.05) is 26.8 Å². The minimum absolute atomic E-state index is 0.192. The standard InChI is InChI=1S/C15H21NO2/c1-14(2)12-5-4-10(9-17)11(8-16)15(12,3)7-6-13(14)18/h4,9,11-13,18H,5-7H2,1-3H3/t11-,12+,13+,15+/m0/s1. The van der Waals surface area contributed by atoms with Crippen LogP contribution in [0.4, 0.5) is 0 Å². The number of rotatable bonds is 1.